The van der Waals surface area contributed by atoms with Crippen molar-refractivity contribution < 1.29 is 4.52 Å². The van der Waals surface area contributed by atoms with Gasteiger partial charge in [0.2, 0.25) is 0 Å². The third kappa shape index (κ3) is 2.12. The topological polar surface area (TPSA) is 38.1 Å². The van der Waals surface area contributed by atoms with E-state index >= 15 is 0 Å². The van der Waals surface area contributed by atoms with Crippen molar-refractivity contribution in [3.05, 3.63) is 47.2 Å². The standard InChI is InChI=1S/C15H14N2OS/c1-2-11(1)15-12(9-18-17-15)8-16-13-4-3-10-5-6-19-14(10)7-13/h3-7,9,11,16H,1-2,8H2. The van der Waals surface area contributed by atoms with Crippen LogP contribution in [0.5, 0.6) is 0 Å². The lowest BCUT2D eigenvalue weighted by molar-refractivity contribution is 0.411. The molecule has 3 aromatic rings. The highest BCUT2D eigenvalue weighted by molar-refractivity contribution is 7.17. The summed E-state index contributed by atoms with van der Waals surface area (Å²) in [5.74, 6) is 0.635. The molecular formula is C15H14N2OS. The number of benzene rings is 1. The van der Waals surface area contributed by atoms with Crippen LogP contribution < -0.4 is 5.32 Å². The quantitative estimate of drug-likeness (QED) is 0.764. The first-order valence-corrected chi connectivity index (χ1v) is 7.42. The number of fused-ring (bicyclic) bond motifs is 1. The molecule has 2 heterocycles. The van der Waals surface area contributed by atoms with E-state index in [0.717, 1.165) is 17.9 Å². The molecule has 2 aromatic heterocycles. The number of thiophene rings is 1. The fourth-order valence-electron chi connectivity index (χ4n) is 2.35. The van der Waals surface area contributed by atoms with Gasteiger partial charge in [-0.3, -0.25) is 0 Å². The fourth-order valence-corrected chi connectivity index (χ4v) is 3.18. The summed E-state index contributed by atoms with van der Waals surface area (Å²) in [7, 11) is 0. The number of hydrogen-bond acceptors (Lipinski definition) is 4. The molecule has 0 unspecified atom stereocenters. The second kappa shape index (κ2) is 4.38. The Morgan fingerprint density at radius 1 is 1.32 bits per heavy atom. The van der Waals surface area contributed by atoms with Gasteiger partial charge in [-0.1, -0.05) is 11.2 Å². The maximum absolute atomic E-state index is 5.11. The summed E-state index contributed by atoms with van der Waals surface area (Å²) >= 11 is 1.77. The van der Waals surface area contributed by atoms with Crippen molar-refractivity contribution in [3.63, 3.8) is 0 Å². The molecule has 96 valence electrons. The maximum atomic E-state index is 5.11. The highest BCUT2D eigenvalue weighted by atomic mass is 32.1. The van der Waals surface area contributed by atoms with Crippen LogP contribution in [0.1, 0.15) is 30.0 Å². The minimum Gasteiger partial charge on any atom is -0.381 e. The molecule has 1 aliphatic carbocycles. The summed E-state index contributed by atoms with van der Waals surface area (Å²) in [5, 5.41) is 11.0. The first-order chi connectivity index (χ1) is 9.40. The number of rotatable bonds is 4. The molecule has 3 nitrogen and oxygen atoms in total. The second-order valence-electron chi connectivity index (χ2n) is 5.03. The number of hydrogen-bond donors (Lipinski definition) is 1. The van der Waals surface area contributed by atoms with Crippen LogP contribution in [-0.2, 0) is 6.54 Å². The van der Waals surface area contributed by atoms with E-state index < -0.39 is 0 Å². The van der Waals surface area contributed by atoms with Crippen molar-refractivity contribution in [2.24, 2.45) is 0 Å². The molecule has 4 heteroatoms. The molecule has 0 spiro atoms. The number of anilines is 1. The normalized spacial score (nSPS) is 14.9. The smallest absolute Gasteiger partial charge is 0.129 e. The number of aromatic nitrogens is 1. The SMILES string of the molecule is c1cc2ccc(NCc3conc3C3CC3)cc2s1. The van der Waals surface area contributed by atoms with Crippen molar-refractivity contribution in [3.8, 4) is 0 Å². The predicted octanol–water partition coefficient (Wildman–Crippen LogP) is 4.38. The van der Waals surface area contributed by atoms with E-state index in [0.29, 0.717) is 5.92 Å². The van der Waals surface area contributed by atoms with E-state index in [9.17, 15) is 0 Å². The van der Waals surface area contributed by atoms with Crippen molar-refractivity contribution in [2.45, 2.75) is 25.3 Å². The molecule has 0 aliphatic heterocycles. The van der Waals surface area contributed by atoms with Gasteiger partial charge in [-0.2, -0.15) is 0 Å². The van der Waals surface area contributed by atoms with Crippen LogP contribution >= 0.6 is 11.3 Å². The van der Waals surface area contributed by atoms with Crippen LogP contribution in [0.15, 0.2) is 40.4 Å². The third-order valence-electron chi connectivity index (χ3n) is 3.58. The van der Waals surface area contributed by atoms with Crippen LogP contribution in [-0.4, -0.2) is 5.16 Å². The second-order valence-corrected chi connectivity index (χ2v) is 5.97. The summed E-state index contributed by atoms with van der Waals surface area (Å²) in [4.78, 5) is 0. The van der Waals surface area contributed by atoms with Gasteiger partial charge < -0.3 is 9.84 Å². The van der Waals surface area contributed by atoms with Crippen LogP contribution in [0, 0.1) is 0 Å². The molecular weight excluding hydrogens is 256 g/mol. The van der Waals surface area contributed by atoms with Gasteiger partial charge >= 0.3 is 0 Å². The Labute approximate surface area is 115 Å². The average molecular weight is 270 g/mol. The lowest BCUT2D eigenvalue weighted by atomic mass is 10.2. The molecule has 0 amide bonds. The van der Waals surface area contributed by atoms with Crippen molar-refractivity contribution in [1.82, 2.24) is 5.16 Å². The molecule has 1 saturated carbocycles. The molecule has 0 bridgehead atoms. The highest BCUT2D eigenvalue weighted by Crippen LogP contribution is 2.40. The number of nitrogens with one attached hydrogen (secondary N) is 1. The zero-order valence-electron chi connectivity index (χ0n) is 10.4. The predicted molar refractivity (Wildman–Crippen MR) is 77.6 cm³/mol. The monoisotopic (exact) mass is 270 g/mol. The minimum absolute atomic E-state index is 0.635. The molecule has 1 aromatic carbocycles. The molecule has 1 aliphatic rings. The molecule has 0 saturated heterocycles. The van der Waals surface area contributed by atoms with E-state index in [2.05, 4.69) is 40.1 Å². The molecule has 1 fully saturated rings. The molecule has 0 radical (unpaired) electrons. The summed E-state index contributed by atoms with van der Waals surface area (Å²) in [6.45, 7) is 0.784. The fraction of sp³-hybridized carbons (Fsp3) is 0.267. The lowest BCUT2D eigenvalue weighted by Gasteiger charge is -2.05. The van der Waals surface area contributed by atoms with E-state index in [1.165, 1.54) is 28.5 Å². The van der Waals surface area contributed by atoms with Gasteiger partial charge in [-0.25, -0.2) is 0 Å². The zero-order valence-corrected chi connectivity index (χ0v) is 11.2. The Balaban J connectivity index is 1.52. The Hall–Kier alpha value is -1.81. The van der Waals surface area contributed by atoms with E-state index in [4.69, 9.17) is 4.52 Å². The van der Waals surface area contributed by atoms with Gasteiger partial charge in [0.25, 0.3) is 0 Å². The Morgan fingerprint density at radius 2 is 2.26 bits per heavy atom. The zero-order chi connectivity index (χ0) is 12.7. The van der Waals surface area contributed by atoms with Gasteiger partial charge in [0.1, 0.15) is 6.26 Å². The van der Waals surface area contributed by atoms with Crippen molar-refractivity contribution in [1.29, 1.82) is 0 Å². The van der Waals surface area contributed by atoms with Crippen LogP contribution in [0.4, 0.5) is 5.69 Å². The summed E-state index contributed by atoms with van der Waals surface area (Å²) in [6.07, 6.45) is 4.27. The summed E-state index contributed by atoms with van der Waals surface area (Å²) in [5.41, 5.74) is 3.48. The summed E-state index contributed by atoms with van der Waals surface area (Å²) in [6, 6.07) is 8.63. The van der Waals surface area contributed by atoms with Crippen LogP contribution in [0.3, 0.4) is 0 Å². The molecule has 0 atom stereocenters. The first kappa shape index (κ1) is 11.1. The van der Waals surface area contributed by atoms with Gasteiger partial charge in [0.15, 0.2) is 0 Å². The Bertz CT molecular complexity index is 712. The number of nitrogens with zero attached hydrogens (tertiary/aromatic N) is 1. The highest BCUT2D eigenvalue weighted by Gasteiger charge is 2.29. The van der Waals surface area contributed by atoms with Gasteiger partial charge in [0, 0.05) is 28.4 Å². The third-order valence-corrected chi connectivity index (χ3v) is 4.46. The minimum atomic E-state index is 0.635. The van der Waals surface area contributed by atoms with E-state index in [1.807, 2.05) is 0 Å². The van der Waals surface area contributed by atoms with Gasteiger partial charge in [-0.15, -0.1) is 11.3 Å². The van der Waals surface area contributed by atoms with E-state index in [-0.39, 0.29) is 0 Å². The Morgan fingerprint density at radius 3 is 3.16 bits per heavy atom. The van der Waals surface area contributed by atoms with Gasteiger partial charge in [-0.05, 0) is 41.8 Å². The maximum Gasteiger partial charge on any atom is 0.129 e. The Kier molecular flexibility index (Phi) is 2.55. The average Bonchev–Trinajstić information content (AvgIpc) is 3.00. The lowest BCUT2D eigenvalue weighted by Crippen LogP contribution is -2.00. The van der Waals surface area contributed by atoms with Crippen molar-refractivity contribution >= 4 is 27.1 Å². The summed E-state index contributed by atoms with van der Waals surface area (Å²) < 4.78 is 6.42. The van der Waals surface area contributed by atoms with E-state index in [1.54, 1.807) is 17.6 Å². The molecule has 1 N–H and O–H groups in total. The first-order valence-electron chi connectivity index (χ1n) is 6.54. The van der Waals surface area contributed by atoms with Gasteiger partial charge in [0.05, 0.1) is 5.69 Å². The van der Waals surface area contributed by atoms with Crippen molar-refractivity contribution in [2.75, 3.05) is 5.32 Å². The largest absolute Gasteiger partial charge is 0.381 e. The molecule has 19 heavy (non-hydrogen) atoms. The molecule has 4 rings (SSSR count). The van der Waals surface area contributed by atoms with Crippen LogP contribution in [0.2, 0.25) is 0 Å². The van der Waals surface area contributed by atoms with Crippen LogP contribution in [0.25, 0.3) is 10.1 Å².